The Morgan fingerprint density at radius 2 is 1.83 bits per heavy atom. The molecule has 1 aliphatic heterocycles. The summed E-state index contributed by atoms with van der Waals surface area (Å²) in [5.74, 6) is 0. The predicted molar refractivity (Wildman–Crippen MR) is 53.3 cm³/mol. The summed E-state index contributed by atoms with van der Waals surface area (Å²) in [5, 5.41) is 7.14. The molecule has 0 saturated carbocycles. The molecule has 0 aromatic carbocycles. The third-order valence-corrected chi connectivity index (χ3v) is 2.62. The van der Waals surface area contributed by atoms with Gasteiger partial charge in [0, 0.05) is 24.7 Å². The normalized spacial score (nSPS) is 30.2. The maximum atomic E-state index is 3.59. The number of rotatable bonds is 0. The monoisotopic (exact) mass is 170 g/mol. The first kappa shape index (κ1) is 10.0. The Morgan fingerprint density at radius 1 is 1.25 bits per heavy atom. The largest absolute Gasteiger partial charge is 0.310 e. The van der Waals surface area contributed by atoms with Gasteiger partial charge in [-0.05, 0) is 19.3 Å². The number of piperazine rings is 1. The zero-order valence-electron chi connectivity index (χ0n) is 8.99. The third kappa shape index (κ3) is 2.46. The molecule has 0 aromatic rings. The van der Waals surface area contributed by atoms with Gasteiger partial charge in [0.25, 0.3) is 0 Å². The summed E-state index contributed by atoms with van der Waals surface area (Å²) in [5.41, 5.74) is 0.630. The van der Waals surface area contributed by atoms with E-state index >= 15 is 0 Å². The van der Waals surface area contributed by atoms with E-state index in [1.807, 2.05) is 0 Å². The third-order valence-electron chi connectivity index (χ3n) is 2.62. The van der Waals surface area contributed by atoms with Gasteiger partial charge in [-0.25, -0.2) is 0 Å². The average Bonchev–Trinajstić information content (AvgIpc) is 1.83. The zero-order chi connectivity index (χ0) is 9.41. The highest BCUT2D eigenvalue weighted by atomic mass is 15.1. The minimum atomic E-state index is 0.266. The van der Waals surface area contributed by atoms with Gasteiger partial charge in [-0.2, -0.15) is 0 Å². The minimum absolute atomic E-state index is 0.266. The van der Waals surface area contributed by atoms with Crippen LogP contribution in [0.2, 0.25) is 0 Å². The van der Waals surface area contributed by atoms with Crippen molar-refractivity contribution in [1.29, 1.82) is 0 Å². The molecule has 12 heavy (non-hydrogen) atoms. The second-order valence-electron chi connectivity index (χ2n) is 5.56. The van der Waals surface area contributed by atoms with Crippen LogP contribution in [-0.2, 0) is 0 Å². The van der Waals surface area contributed by atoms with Gasteiger partial charge in [-0.3, -0.25) is 0 Å². The van der Waals surface area contributed by atoms with E-state index in [1.165, 1.54) is 0 Å². The fourth-order valence-corrected chi connectivity index (χ4v) is 1.50. The van der Waals surface area contributed by atoms with Crippen LogP contribution in [0, 0.1) is 5.41 Å². The van der Waals surface area contributed by atoms with Crippen LogP contribution >= 0.6 is 0 Å². The smallest absolute Gasteiger partial charge is 0.0250 e. The van der Waals surface area contributed by atoms with Gasteiger partial charge in [0.15, 0.2) is 0 Å². The standard InChI is InChI=1S/C10H22N2/c1-9(2,3)8-6-12-10(4,5)7-11-8/h8,11-12H,6-7H2,1-5H3. The van der Waals surface area contributed by atoms with Crippen LogP contribution < -0.4 is 10.6 Å². The summed E-state index contributed by atoms with van der Waals surface area (Å²) in [6.07, 6.45) is 0. The molecule has 1 atom stereocenters. The lowest BCUT2D eigenvalue weighted by molar-refractivity contribution is 0.182. The van der Waals surface area contributed by atoms with Crippen molar-refractivity contribution < 1.29 is 0 Å². The van der Waals surface area contributed by atoms with Crippen LogP contribution in [-0.4, -0.2) is 24.7 Å². The lowest BCUT2D eigenvalue weighted by Gasteiger charge is -2.42. The molecule has 0 amide bonds. The van der Waals surface area contributed by atoms with Crippen molar-refractivity contribution in [2.45, 2.75) is 46.2 Å². The Bertz CT molecular complexity index is 146. The molecule has 2 N–H and O–H groups in total. The van der Waals surface area contributed by atoms with E-state index in [-0.39, 0.29) is 5.54 Å². The molecule has 0 bridgehead atoms. The Balaban J connectivity index is 2.47. The van der Waals surface area contributed by atoms with Crippen molar-refractivity contribution in [2.75, 3.05) is 13.1 Å². The van der Waals surface area contributed by atoms with Crippen molar-refractivity contribution in [1.82, 2.24) is 10.6 Å². The van der Waals surface area contributed by atoms with Crippen molar-refractivity contribution in [3.05, 3.63) is 0 Å². The number of hydrogen-bond acceptors (Lipinski definition) is 2. The SMILES string of the molecule is CC1(C)CNC(C(C)(C)C)CN1. The fraction of sp³-hybridized carbons (Fsp3) is 1.00. The summed E-state index contributed by atoms with van der Waals surface area (Å²) in [6.45, 7) is 13.5. The van der Waals surface area contributed by atoms with E-state index < -0.39 is 0 Å². The highest BCUT2D eigenvalue weighted by molar-refractivity contribution is 4.94. The second kappa shape index (κ2) is 3.00. The molecule has 1 heterocycles. The van der Waals surface area contributed by atoms with E-state index in [1.54, 1.807) is 0 Å². The topological polar surface area (TPSA) is 24.1 Å². The van der Waals surface area contributed by atoms with Gasteiger partial charge in [-0.1, -0.05) is 20.8 Å². The lowest BCUT2D eigenvalue weighted by Crippen LogP contribution is -2.63. The summed E-state index contributed by atoms with van der Waals surface area (Å²) in [7, 11) is 0. The van der Waals surface area contributed by atoms with E-state index in [0.29, 0.717) is 11.5 Å². The fourth-order valence-electron chi connectivity index (χ4n) is 1.50. The van der Waals surface area contributed by atoms with Gasteiger partial charge < -0.3 is 10.6 Å². The van der Waals surface area contributed by atoms with Gasteiger partial charge in [-0.15, -0.1) is 0 Å². The zero-order valence-corrected chi connectivity index (χ0v) is 8.99. The first-order chi connectivity index (χ1) is 5.31. The second-order valence-corrected chi connectivity index (χ2v) is 5.56. The van der Waals surface area contributed by atoms with Gasteiger partial charge in [0.1, 0.15) is 0 Å². The first-order valence-corrected chi connectivity index (χ1v) is 4.80. The maximum absolute atomic E-state index is 3.59. The Labute approximate surface area is 76.1 Å². The molecule has 0 spiro atoms. The molecular formula is C10H22N2. The van der Waals surface area contributed by atoms with Gasteiger partial charge >= 0.3 is 0 Å². The average molecular weight is 170 g/mol. The summed E-state index contributed by atoms with van der Waals surface area (Å²) in [6, 6.07) is 0.602. The summed E-state index contributed by atoms with van der Waals surface area (Å²) < 4.78 is 0. The summed E-state index contributed by atoms with van der Waals surface area (Å²) >= 11 is 0. The van der Waals surface area contributed by atoms with Crippen LogP contribution in [0.4, 0.5) is 0 Å². The maximum Gasteiger partial charge on any atom is 0.0250 e. The van der Waals surface area contributed by atoms with E-state index in [9.17, 15) is 0 Å². The molecule has 0 radical (unpaired) electrons. The Hall–Kier alpha value is -0.0800. The van der Waals surface area contributed by atoms with Crippen molar-refractivity contribution in [2.24, 2.45) is 5.41 Å². The van der Waals surface area contributed by atoms with Crippen LogP contribution in [0.25, 0.3) is 0 Å². The van der Waals surface area contributed by atoms with Crippen LogP contribution in [0.1, 0.15) is 34.6 Å². The molecule has 1 rings (SSSR count). The molecule has 1 unspecified atom stereocenters. The van der Waals surface area contributed by atoms with E-state index in [4.69, 9.17) is 0 Å². The molecule has 0 aromatic heterocycles. The van der Waals surface area contributed by atoms with Gasteiger partial charge in [0.05, 0.1) is 0 Å². The Morgan fingerprint density at radius 3 is 2.17 bits per heavy atom. The molecule has 1 fully saturated rings. The lowest BCUT2D eigenvalue weighted by atomic mass is 9.84. The molecular weight excluding hydrogens is 148 g/mol. The van der Waals surface area contributed by atoms with Crippen molar-refractivity contribution in [3.63, 3.8) is 0 Å². The van der Waals surface area contributed by atoms with Crippen molar-refractivity contribution >= 4 is 0 Å². The van der Waals surface area contributed by atoms with Gasteiger partial charge in [0.2, 0.25) is 0 Å². The molecule has 1 aliphatic rings. The van der Waals surface area contributed by atoms with Crippen LogP contribution in [0.15, 0.2) is 0 Å². The number of hydrogen-bond donors (Lipinski definition) is 2. The summed E-state index contributed by atoms with van der Waals surface area (Å²) in [4.78, 5) is 0. The molecule has 2 heteroatoms. The minimum Gasteiger partial charge on any atom is -0.310 e. The molecule has 1 saturated heterocycles. The van der Waals surface area contributed by atoms with E-state index in [0.717, 1.165) is 13.1 Å². The number of nitrogens with one attached hydrogen (secondary N) is 2. The molecule has 72 valence electrons. The quantitative estimate of drug-likeness (QED) is 0.574. The molecule has 0 aliphatic carbocycles. The molecule has 2 nitrogen and oxygen atoms in total. The highest BCUT2D eigenvalue weighted by Gasteiger charge is 2.31. The van der Waals surface area contributed by atoms with Crippen LogP contribution in [0.5, 0.6) is 0 Å². The predicted octanol–water partition coefficient (Wildman–Crippen LogP) is 1.37. The van der Waals surface area contributed by atoms with Crippen LogP contribution in [0.3, 0.4) is 0 Å². The Kier molecular flexibility index (Phi) is 2.50. The first-order valence-electron chi connectivity index (χ1n) is 4.80. The van der Waals surface area contributed by atoms with E-state index in [2.05, 4.69) is 45.3 Å². The van der Waals surface area contributed by atoms with Crippen molar-refractivity contribution in [3.8, 4) is 0 Å². The highest BCUT2D eigenvalue weighted by Crippen LogP contribution is 2.21.